The molecule has 0 amide bonds. The van der Waals surface area contributed by atoms with Crippen molar-refractivity contribution in [2.45, 2.75) is 12.7 Å². The lowest BCUT2D eigenvalue weighted by molar-refractivity contribution is 0.102. The van der Waals surface area contributed by atoms with Crippen molar-refractivity contribution >= 4 is 17.5 Å². The third kappa shape index (κ3) is 4.14. The number of Topliss-reactive ketones (excluding diaryl/α,β-unsaturated/α-hetero) is 1. The maximum Gasteiger partial charge on any atom is 0.172 e. The first-order chi connectivity index (χ1) is 9.69. The van der Waals surface area contributed by atoms with Crippen LogP contribution in [0.3, 0.4) is 0 Å². The van der Waals surface area contributed by atoms with Crippen molar-refractivity contribution in [3.8, 4) is 5.75 Å². The van der Waals surface area contributed by atoms with Crippen LogP contribution in [0, 0.1) is 6.92 Å². The number of thioether (sulfide) groups is 1. The van der Waals surface area contributed by atoms with E-state index in [1.54, 1.807) is 18.9 Å². The molecule has 0 heterocycles. The van der Waals surface area contributed by atoms with Crippen LogP contribution in [0.1, 0.15) is 21.5 Å². The Morgan fingerprint density at radius 1 is 1.15 bits per heavy atom. The fourth-order valence-corrected chi connectivity index (χ4v) is 2.79. The zero-order valence-electron chi connectivity index (χ0n) is 11.8. The zero-order valence-corrected chi connectivity index (χ0v) is 12.6. The number of hydrogen-bond donors (Lipinski definition) is 0. The summed E-state index contributed by atoms with van der Waals surface area (Å²) in [5, 5.41) is 0. The van der Waals surface area contributed by atoms with Crippen molar-refractivity contribution in [3.05, 3.63) is 65.2 Å². The lowest BCUT2D eigenvalue weighted by Crippen LogP contribution is -2.02. The molecule has 0 atom stereocenters. The predicted molar refractivity (Wildman–Crippen MR) is 84.7 cm³/mol. The molecule has 0 bridgehead atoms. The van der Waals surface area contributed by atoms with Gasteiger partial charge in [0.15, 0.2) is 5.78 Å². The van der Waals surface area contributed by atoms with Crippen LogP contribution >= 0.6 is 11.8 Å². The molecule has 0 saturated heterocycles. The van der Waals surface area contributed by atoms with Crippen molar-refractivity contribution in [3.63, 3.8) is 0 Å². The molecule has 20 heavy (non-hydrogen) atoms. The van der Waals surface area contributed by atoms with E-state index in [-0.39, 0.29) is 5.78 Å². The van der Waals surface area contributed by atoms with Gasteiger partial charge in [0.1, 0.15) is 5.75 Å². The molecule has 0 aliphatic heterocycles. The third-order valence-corrected chi connectivity index (χ3v) is 4.00. The number of ketones is 1. The number of ether oxygens (including phenoxy) is 1. The summed E-state index contributed by atoms with van der Waals surface area (Å²) < 4.78 is 5.08. The largest absolute Gasteiger partial charge is 0.497 e. The van der Waals surface area contributed by atoms with Crippen LogP contribution in [0.4, 0.5) is 0 Å². The highest BCUT2D eigenvalue weighted by molar-refractivity contribution is 7.99. The molecule has 2 rings (SSSR count). The van der Waals surface area contributed by atoms with Crippen LogP contribution in [-0.4, -0.2) is 18.6 Å². The Labute approximate surface area is 124 Å². The molecule has 2 aromatic carbocycles. The number of methoxy groups -OCH3 is 1. The summed E-state index contributed by atoms with van der Waals surface area (Å²) in [5.74, 6) is 2.29. The zero-order chi connectivity index (χ0) is 14.4. The molecule has 2 aromatic rings. The summed E-state index contributed by atoms with van der Waals surface area (Å²) >= 11 is 1.65. The highest BCUT2D eigenvalue weighted by Crippen LogP contribution is 2.17. The summed E-state index contributed by atoms with van der Waals surface area (Å²) in [6, 6.07) is 15.6. The van der Waals surface area contributed by atoms with E-state index in [9.17, 15) is 4.79 Å². The van der Waals surface area contributed by atoms with Crippen LogP contribution in [-0.2, 0) is 5.75 Å². The molecule has 104 valence electrons. The second kappa shape index (κ2) is 7.15. The molecule has 0 radical (unpaired) electrons. The molecule has 0 aromatic heterocycles. The fraction of sp³-hybridized carbons (Fsp3) is 0.235. The molecule has 0 N–H and O–H groups in total. The normalized spacial score (nSPS) is 10.3. The molecule has 0 aliphatic rings. The van der Waals surface area contributed by atoms with Gasteiger partial charge >= 0.3 is 0 Å². The Bertz CT molecular complexity index is 576. The summed E-state index contributed by atoms with van der Waals surface area (Å²) in [6.45, 7) is 2.08. The highest BCUT2D eigenvalue weighted by atomic mass is 32.2. The summed E-state index contributed by atoms with van der Waals surface area (Å²) in [7, 11) is 1.62. The minimum absolute atomic E-state index is 0.158. The van der Waals surface area contributed by atoms with E-state index in [4.69, 9.17) is 4.74 Å². The van der Waals surface area contributed by atoms with Crippen molar-refractivity contribution in [2.24, 2.45) is 0 Å². The molecule has 3 heteroatoms. The van der Waals surface area contributed by atoms with E-state index in [0.29, 0.717) is 5.75 Å². The molecule has 2 nitrogen and oxygen atoms in total. The summed E-state index contributed by atoms with van der Waals surface area (Å²) in [6.07, 6.45) is 0. The molecule has 0 unspecified atom stereocenters. The van der Waals surface area contributed by atoms with Gasteiger partial charge in [0.05, 0.1) is 12.9 Å². The minimum Gasteiger partial charge on any atom is -0.497 e. The van der Waals surface area contributed by atoms with Crippen LogP contribution < -0.4 is 4.74 Å². The Morgan fingerprint density at radius 3 is 2.55 bits per heavy atom. The van der Waals surface area contributed by atoms with E-state index in [1.807, 2.05) is 24.3 Å². The number of rotatable bonds is 6. The molecular weight excluding hydrogens is 268 g/mol. The fourth-order valence-electron chi connectivity index (χ4n) is 1.92. The third-order valence-electron chi connectivity index (χ3n) is 3.00. The van der Waals surface area contributed by atoms with E-state index in [1.165, 1.54) is 11.1 Å². The summed E-state index contributed by atoms with van der Waals surface area (Å²) in [4.78, 5) is 12.0. The van der Waals surface area contributed by atoms with Gasteiger partial charge in [-0.05, 0) is 36.8 Å². The predicted octanol–water partition coefficient (Wildman–Crippen LogP) is 4.12. The van der Waals surface area contributed by atoms with Gasteiger partial charge in [0.25, 0.3) is 0 Å². The standard InChI is InChI=1S/C17H18O2S/c1-13-4-3-5-14(10-13)11-20-12-17(18)15-6-8-16(19-2)9-7-15/h3-10H,11-12H2,1-2H3. The number of carbonyl (C=O) groups excluding carboxylic acids is 1. The van der Waals surface area contributed by atoms with Crippen LogP contribution in [0.5, 0.6) is 5.75 Å². The van der Waals surface area contributed by atoms with Gasteiger partial charge in [-0.3, -0.25) is 4.79 Å². The molecule has 0 saturated carbocycles. The maximum absolute atomic E-state index is 12.0. The van der Waals surface area contributed by atoms with Gasteiger partial charge in [-0.2, -0.15) is 0 Å². The quantitative estimate of drug-likeness (QED) is 0.747. The van der Waals surface area contributed by atoms with Gasteiger partial charge in [-0.1, -0.05) is 29.8 Å². The number of aryl methyl sites for hydroxylation is 1. The Balaban J connectivity index is 1.85. The van der Waals surface area contributed by atoms with Crippen molar-refractivity contribution < 1.29 is 9.53 Å². The maximum atomic E-state index is 12.0. The van der Waals surface area contributed by atoms with Gasteiger partial charge in [0, 0.05) is 11.3 Å². The van der Waals surface area contributed by atoms with E-state index in [2.05, 4.69) is 31.2 Å². The van der Waals surface area contributed by atoms with Crippen molar-refractivity contribution in [2.75, 3.05) is 12.9 Å². The smallest absolute Gasteiger partial charge is 0.172 e. The SMILES string of the molecule is COc1ccc(C(=O)CSCc2cccc(C)c2)cc1. The minimum atomic E-state index is 0.158. The van der Waals surface area contributed by atoms with E-state index >= 15 is 0 Å². The molecule has 0 spiro atoms. The van der Waals surface area contributed by atoms with E-state index < -0.39 is 0 Å². The molecule has 0 fully saturated rings. The van der Waals surface area contributed by atoms with E-state index in [0.717, 1.165) is 17.1 Å². The highest BCUT2D eigenvalue weighted by Gasteiger charge is 2.06. The first-order valence-corrected chi connectivity index (χ1v) is 7.65. The Hall–Kier alpha value is -1.74. The number of hydrogen-bond acceptors (Lipinski definition) is 3. The van der Waals surface area contributed by atoms with Gasteiger partial charge in [-0.25, -0.2) is 0 Å². The summed E-state index contributed by atoms with van der Waals surface area (Å²) in [5.41, 5.74) is 3.25. The van der Waals surface area contributed by atoms with Gasteiger partial charge in [0.2, 0.25) is 0 Å². The monoisotopic (exact) mass is 286 g/mol. The van der Waals surface area contributed by atoms with Crippen molar-refractivity contribution in [1.29, 1.82) is 0 Å². The number of carbonyl (C=O) groups is 1. The average molecular weight is 286 g/mol. The van der Waals surface area contributed by atoms with Gasteiger partial charge < -0.3 is 4.74 Å². The Morgan fingerprint density at radius 2 is 1.90 bits per heavy atom. The van der Waals surface area contributed by atoms with Crippen LogP contribution in [0.2, 0.25) is 0 Å². The molecule has 0 aliphatic carbocycles. The van der Waals surface area contributed by atoms with Crippen molar-refractivity contribution in [1.82, 2.24) is 0 Å². The topological polar surface area (TPSA) is 26.3 Å². The molecular formula is C17H18O2S. The first-order valence-electron chi connectivity index (χ1n) is 6.49. The average Bonchev–Trinajstić information content (AvgIpc) is 2.47. The lowest BCUT2D eigenvalue weighted by Gasteiger charge is -2.04. The Kier molecular flexibility index (Phi) is 5.24. The second-order valence-corrected chi connectivity index (χ2v) is 5.62. The van der Waals surface area contributed by atoms with Crippen LogP contribution in [0.15, 0.2) is 48.5 Å². The van der Waals surface area contributed by atoms with Crippen LogP contribution in [0.25, 0.3) is 0 Å². The lowest BCUT2D eigenvalue weighted by atomic mass is 10.1. The number of benzene rings is 2. The second-order valence-electron chi connectivity index (χ2n) is 4.63. The van der Waals surface area contributed by atoms with Gasteiger partial charge in [-0.15, -0.1) is 11.8 Å². The first kappa shape index (κ1) is 14.7.